The molecule has 0 fully saturated rings. The van der Waals surface area contributed by atoms with Crippen LogP contribution in [0.25, 0.3) is 6.08 Å². The van der Waals surface area contributed by atoms with Gasteiger partial charge in [0.1, 0.15) is 12.4 Å². The number of halogens is 3. The van der Waals surface area contributed by atoms with Crippen LogP contribution in [0.5, 0.6) is 5.75 Å². The van der Waals surface area contributed by atoms with E-state index in [1.165, 1.54) is 11.3 Å². The Labute approximate surface area is 267 Å². The monoisotopic (exact) mass is 796 g/mol. The molecule has 1 aliphatic heterocycles. The Morgan fingerprint density at radius 1 is 1.10 bits per heavy atom. The molecule has 0 amide bonds. The van der Waals surface area contributed by atoms with E-state index < -0.39 is 12.0 Å². The summed E-state index contributed by atoms with van der Waals surface area (Å²) in [6, 6.07) is 20.5. The molecule has 0 saturated carbocycles. The van der Waals surface area contributed by atoms with Crippen LogP contribution >= 0.6 is 68.1 Å². The third-order valence-corrected chi connectivity index (χ3v) is 9.08. The van der Waals surface area contributed by atoms with Crippen molar-refractivity contribution >= 4 is 80.2 Å². The third kappa shape index (κ3) is 6.07. The van der Waals surface area contributed by atoms with Crippen LogP contribution in [-0.2, 0) is 16.1 Å². The number of esters is 1. The molecule has 40 heavy (non-hydrogen) atoms. The van der Waals surface area contributed by atoms with Crippen LogP contribution in [0.2, 0.25) is 5.02 Å². The zero-order valence-corrected chi connectivity index (χ0v) is 27.4. The average molecular weight is 797 g/mol. The van der Waals surface area contributed by atoms with Gasteiger partial charge < -0.3 is 9.47 Å². The van der Waals surface area contributed by atoms with Crippen LogP contribution in [0, 0.1) is 7.14 Å². The quantitative estimate of drug-likeness (QED) is 0.164. The number of carbonyl (C=O) groups is 1. The van der Waals surface area contributed by atoms with Gasteiger partial charge in [-0.05, 0) is 106 Å². The molecule has 1 aliphatic rings. The maximum absolute atomic E-state index is 13.9. The summed E-state index contributed by atoms with van der Waals surface area (Å²) < 4.78 is 15.5. The molecule has 0 saturated heterocycles. The first-order chi connectivity index (χ1) is 19.3. The Morgan fingerprint density at radius 3 is 2.42 bits per heavy atom. The van der Waals surface area contributed by atoms with Gasteiger partial charge in [0.2, 0.25) is 0 Å². The molecule has 6 nitrogen and oxygen atoms in total. The number of hydrogen-bond acceptors (Lipinski definition) is 6. The number of allylic oxidation sites excluding steroid dienone is 1. The van der Waals surface area contributed by atoms with Gasteiger partial charge in [0, 0.05) is 5.02 Å². The van der Waals surface area contributed by atoms with Crippen LogP contribution in [0.3, 0.4) is 0 Å². The van der Waals surface area contributed by atoms with Crippen molar-refractivity contribution in [3.63, 3.8) is 0 Å². The predicted octanol–water partition coefficient (Wildman–Crippen LogP) is 6.24. The fourth-order valence-corrected chi connectivity index (χ4v) is 7.73. The second-order valence-electron chi connectivity index (χ2n) is 8.94. The van der Waals surface area contributed by atoms with E-state index in [2.05, 4.69) is 50.2 Å². The van der Waals surface area contributed by atoms with Crippen molar-refractivity contribution in [2.75, 3.05) is 6.61 Å². The number of rotatable bonds is 7. The van der Waals surface area contributed by atoms with E-state index in [9.17, 15) is 9.59 Å². The zero-order valence-electron chi connectivity index (χ0n) is 21.5. The fourth-order valence-electron chi connectivity index (χ4n) is 4.43. The molecule has 0 unspecified atom stereocenters. The van der Waals surface area contributed by atoms with Gasteiger partial charge in [0.05, 0.1) is 35.6 Å². The summed E-state index contributed by atoms with van der Waals surface area (Å²) in [4.78, 5) is 32.0. The first-order valence-electron chi connectivity index (χ1n) is 12.4. The van der Waals surface area contributed by atoms with Crippen LogP contribution < -0.4 is 19.6 Å². The number of fused-ring (bicyclic) bond motifs is 1. The molecular formula is C30H23ClI2N2O4S. The second kappa shape index (κ2) is 12.6. The lowest BCUT2D eigenvalue weighted by Crippen LogP contribution is -2.39. The molecule has 4 aromatic rings. The van der Waals surface area contributed by atoms with Gasteiger partial charge in [-0.15, -0.1) is 0 Å². The molecule has 2 heterocycles. The van der Waals surface area contributed by atoms with Gasteiger partial charge in [-0.3, -0.25) is 9.36 Å². The van der Waals surface area contributed by atoms with Gasteiger partial charge >= 0.3 is 5.97 Å². The van der Waals surface area contributed by atoms with E-state index in [0.717, 1.165) is 29.6 Å². The minimum Gasteiger partial charge on any atom is -0.487 e. The Kier molecular flexibility index (Phi) is 9.13. The SMILES string of the molecule is CCOC(=O)C1=C(C)N=c2s/c(=C\c3cc(I)c(OCc4ccccc4)c(I)c3)c(=O)n2[C@H]1c1ccc(Cl)cc1. The zero-order chi connectivity index (χ0) is 28.4. The Hall–Kier alpha value is -2.48. The summed E-state index contributed by atoms with van der Waals surface area (Å²) in [7, 11) is 0. The van der Waals surface area contributed by atoms with Crippen molar-refractivity contribution in [1.29, 1.82) is 0 Å². The molecule has 3 aromatic carbocycles. The Morgan fingerprint density at radius 2 is 1.77 bits per heavy atom. The highest BCUT2D eigenvalue weighted by atomic mass is 127. The first-order valence-corrected chi connectivity index (χ1v) is 15.7. The molecule has 0 spiro atoms. The molecule has 0 N–H and O–H groups in total. The van der Waals surface area contributed by atoms with Gasteiger partial charge in [-0.1, -0.05) is 65.4 Å². The molecule has 0 radical (unpaired) electrons. The average Bonchev–Trinajstić information content (AvgIpc) is 3.22. The van der Waals surface area contributed by atoms with Crippen LogP contribution in [-0.4, -0.2) is 17.1 Å². The standard InChI is InChI=1S/C30H23ClI2N2O4S/c1-3-38-29(37)25-17(2)34-30-35(26(25)20-9-11-21(31)12-10-20)28(36)24(40-30)15-19-13-22(32)27(23(33)14-19)39-16-18-7-5-4-6-8-18/h4-15,26H,3,16H2,1-2H3/b24-15-/t26-/m0/s1. The van der Waals surface area contributed by atoms with E-state index in [0.29, 0.717) is 32.2 Å². The molecule has 10 heteroatoms. The minimum absolute atomic E-state index is 0.218. The number of ether oxygens (including phenoxy) is 2. The molecule has 1 aromatic heterocycles. The van der Waals surface area contributed by atoms with Gasteiger partial charge in [-0.2, -0.15) is 0 Å². The van der Waals surface area contributed by atoms with Crippen LogP contribution in [0.1, 0.15) is 36.6 Å². The fraction of sp³-hybridized carbons (Fsp3) is 0.167. The first kappa shape index (κ1) is 29.0. The summed E-state index contributed by atoms with van der Waals surface area (Å²) in [5.41, 5.74) is 3.34. The van der Waals surface area contributed by atoms with Gasteiger partial charge in [0.25, 0.3) is 5.56 Å². The van der Waals surface area contributed by atoms with Crippen LogP contribution in [0.4, 0.5) is 0 Å². The van der Waals surface area contributed by atoms with E-state index in [1.807, 2.05) is 60.7 Å². The lowest BCUT2D eigenvalue weighted by atomic mass is 9.96. The summed E-state index contributed by atoms with van der Waals surface area (Å²) in [5, 5.41) is 0.565. The normalized spacial score (nSPS) is 15.0. The summed E-state index contributed by atoms with van der Waals surface area (Å²) >= 11 is 11.9. The minimum atomic E-state index is -0.677. The number of nitrogens with zero attached hydrogens (tertiary/aromatic N) is 2. The van der Waals surface area contributed by atoms with Crippen molar-refractivity contribution in [3.8, 4) is 5.75 Å². The summed E-state index contributed by atoms with van der Waals surface area (Å²) in [6.45, 7) is 4.21. The highest BCUT2D eigenvalue weighted by Crippen LogP contribution is 2.32. The number of benzene rings is 3. The van der Waals surface area contributed by atoms with E-state index in [1.54, 1.807) is 30.5 Å². The van der Waals surface area contributed by atoms with E-state index in [4.69, 9.17) is 21.1 Å². The predicted molar refractivity (Wildman–Crippen MR) is 175 cm³/mol. The maximum Gasteiger partial charge on any atom is 0.338 e. The van der Waals surface area contributed by atoms with Crippen molar-refractivity contribution in [2.45, 2.75) is 26.5 Å². The smallest absolute Gasteiger partial charge is 0.338 e. The van der Waals surface area contributed by atoms with Crippen molar-refractivity contribution < 1.29 is 14.3 Å². The Bertz CT molecular complexity index is 1780. The largest absolute Gasteiger partial charge is 0.487 e. The Balaban J connectivity index is 1.56. The highest BCUT2D eigenvalue weighted by molar-refractivity contribution is 14.1. The van der Waals surface area contributed by atoms with Gasteiger partial charge in [-0.25, -0.2) is 9.79 Å². The maximum atomic E-state index is 13.9. The molecule has 0 aliphatic carbocycles. The number of aromatic nitrogens is 1. The second-order valence-corrected chi connectivity index (χ2v) is 12.7. The molecule has 1 atom stereocenters. The van der Waals surface area contributed by atoms with Crippen molar-refractivity contribution in [2.24, 2.45) is 4.99 Å². The van der Waals surface area contributed by atoms with E-state index >= 15 is 0 Å². The lowest BCUT2D eigenvalue weighted by molar-refractivity contribution is -0.139. The van der Waals surface area contributed by atoms with Gasteiger partial charge in [0.15, 0.2) is 4.80 Å². The molecule has 204 valence electrons. The topological polar surface area (TPSA) is 69.9 Å². The third-order valence-electron chi connectivity index (χ3n) is 6.25. The lowest BCUT2D eigenvalue weighted by Gasteiger charge is -2.24. The number of carbonyl (C=O) groups excluding carboxylic acids is 1. The molecule has 5 rings (SSSR count). The highest BCUT2D eigenvalue weighted by Gasteiger charge is 2.33. The summed E-state index contributed by atoms with van der Waals surface area (Å²) in [5.74, 6) is 0.314. The van der Waals surface area contributed by atoms with E-state index in [-0.39, 0.29) is 12.2 Å². The van der Waals surface area contributed by atoms with Crippen molar-refractivity contribution in [1.82, 2.24) is 4.57 Å². The van der Waals surface area contributed by atoms with Crippen molar-refractivity contribution in [3.05, 3.63) is 127 Å². The van der Waals surface area contributed by atoms with Crippen LogP contribution in [0.15, 0.2) is 87.8 Å². The number of hydrogen-bond donors (Lipinski definition) is 0. The summed E-state index contributed by atoms with van der Waals surface area (Å²) in [6.07, 6.45) is 1.86. The molecule has 0 bridgehead atoms. The molecular weight excluding hydrogens is 774 g/mol. The number of thiazole rings is 1.